The summed E-state index contributed by atoms with van der Waals surface area (Å²) < 4.78 is 5.11. The lowest BCUT2D eigenvalue weighted by Crippen LogP contribution is -2.38. The first-order chi connectivity index (χ1) is 10.2. The van der Waals surface area contributed by atoms with Crippen LogP contribution in [-0.2, 0) is 4.79 Å². The summed E-state index contributed by atoms with van der Waals surface area (Å²) in [6.07, 6.45) is 2.89. The molecule has 1 aromatic carbocycles. The number of hydrazine groups is 1. The molecule has 3 atom stereocenters. The molecule has 21 heavy (non-hydrogen) atoms. The molecule has 114 valence electrons. The van der Waals surface area contributed by atoms with Gasteiger partial charge in [-0.25, -0.2) is 0 Å². The predicted molar refractivity (Wildman–Crippen MR) is 82.4 cm³/mol. The van der Waals surface area contributed by atoms with E-state index in [4.69, 9.17) is 16.3 Å². The van der Waals surface area contributed by atoms with Crippen molar-refractivity contribution in [2.24, 2.45) is 11.8 Å². The van der Waals surface area contributed by atoms with E-state index in [1.165, 1.54) is 0 Å². The number of hydrogen-bond acceptors (Lipinski definition) is 4. The van der Waals surface area contributed by atoms with Gasteiger partial charge in [-0.3, -0.25) is 15.6 Å². The molecule has 5 nitrogen and oxygen atoms in total. The number of fused-ring (bicyclic) bond motifs is 1. The first kappa shape index (κ1) is 14.6. The molecule has 1 amide bonds. The third-order valence-corrected chi connectivity index (χ3v) is 4.72. The zero-order chi connectivity index (χ0) is 14.8. The summed E-state index contributed by atoms with van der Waals surface area (Å²) in [5.41, 5.74) is 7.17. The van der Waals surface area contributed by atoms with Crippen molar-refractivity contribution in [3.8, 4) is 5.75 Å². The second kappa shape index (κ2) is 6.22. The smallest absolute Gasteiger partial charge is 0.227 e. The number of carbonyl (C=O) groups excluding carboxylic acids is 1. The largest absolute Gasteiger partial charge is 0.495 e. The minimum atomic E-state index is 0.0776. The van der Waals surface area contributed by atoms with Crippen molar-refractivity contribution >= 4 is 23.2 Å². The molecule has 6 heteroatoms. The molecule has 2 fully saturated rings. The number of amides is 1. The number of carbonyl (C=O) groups is 1. The molecule has 3 rings (SSSR count). The van der Waals surface area contributed by atoms with Crippen molar-refractivity contribution in [3.63, 3.8) is 0 Å². The first-order valence-electron chi connectivity index (χ1n) is 7.30. The van der Waals surface area contributed by atoms with Crippen LogP contribution < -0.4 is 20.9 Å². The van der Waals surface area contributed by atoms with Crippen molar-refractivity contribution < 1.29 is 9.53 Å². The number of hydrogen-bond donors (Lipinski definition) is 3. The zero-order valence-electron chi connectivity index (χ0n) is 12.0. The van der Waals surface area contributed by atoms with Crippen LogP contribution in [-0.4, -0.2) is 25.6 Å². The molecule has 0 aromatic heterocycles. The van der Waals surface area contributed by atoms with E-state index in [0.29, 0.717) is 22.7 Å². The standard InChI is InChI=1S/C15H20ClN3O2/c1-21-14-5-3-11(7-12(14)16)18-15(20)9-2-4-13-10(6-9)8-17-19-13/h3,5,7,9-10,13,17,19H,2,4,6,8H2,1H3,(H,18,20). The molecule has 1 aliphatic heterocycles. The maximum atomic E-state index is 12.4. The van der Waals surface area contributed by atoms with Gasteiger partial charge in [-0.1, -0.05) is 11.6 Å². The summed E-state index contributed by atoms with van der Waals surface area (Å²) in [4.78, 5) is 12.4. The summed E-state index contributed by atoms with van der Waals surface area (Å²) in [6, 6.07) is 5.82. The van der Waals surface area contributed by atoms with Crippen molar-refractivity contribution in [1.82, 2.24) is 10.9 Å². The number of benzene rings is 1. The highest BCUT2D eigenvalue weighted by atomic mass is 35.5. The topological polar surface area (TPSA) is 62.4 Å². The fourth-order valence-electron chi connectivity index (χ4n) is 3.23. The molecule has 0 bridgehead atoms. The number of rotatable bonds is 3. The van der Waals surface area contributed by atoms with Gasteiger partial charge in [0.25, 0.3) is 0 Å². The second-order valence-corrected chi connectivity index (χ2v) is 6.15. The van der Waals surface area contributed by atoms with Crippen molar-refractivity contribution in [1.29, 1.82) is 0 Å². The average molecular weight is 310 g/mol. The molecule has 1 saturated carbocycles. The normalized spacial score (nSPS) is 28.0. The quantitative estimate of drug-likeness (QED) is 0.801. The van der Waals surface area contributed by atoms with Crippen LogP contribution in [0.1, 0.15) is 19.3 Å². The van der Waals surface area contributed by atoms with Gasteiger partial charge in [0.05, 0.1) is 12.1 Å². The molecule has 1 aliphatic carbocycles. The molecular formula is C15H20ClN3O2. The number of halogens is 1. The predicted octanol–water partition coefficient (Wildman–Crippen LogP) is 2.18. The minimum absolute atomic E-state index is 0.0776. The molecule has 2 aliphatic rings. The first-order valence-corrected chi connectivity index (χ1v) is 7.68. The molecular weight excluding hydrogens is 290 g/mol. The van der Waals surface area contributed by atoms with Gasteiger partial charge in [0, 0.05) is 24.2 Å². The van der Waals surface area contributed by atoms with E-state index in [1.54, 1.807) is 19.2 Å². The fourth-order valence-corrected chi connectivity index (χ4v) is 3.49. The highest BCUT2D eigenvalue weighted by Crippen LogP contribution is 2.32. The van der Waals surface area contributed by atoms with Gasteiger partial charge in [0.1, 0.15) is 5.75 Å². The molecule has 0 radical (unpaired) electrons. The number of methoxy groups -OCH3 is 1. The van der Waals surface area contributed by atoms with E-state index in [9.17, 15) is 4.79 Å². The summed E-state index contributed by atoms with van der Waals surface area (Å²) in [5, 5.41) is 3.47. The molecule has 1 aromatic rings. The molecule has 3 unspecified atom stereocenters. The average Bonchev–Trinajstić information content (AvgIpc) is 2.94. The highest BCUT2D eigenvalue weighted by molar-refractivity contribution is 6.32. The van der Waals surface area contributed by atoms with Crippen LogP contribution in [0.15, 0.2) is 18.2 Å². The van der Waals surface area contributed by atoms with Gasteiger partial charge in [0.15, 0.2) is 0 Å². The Balaban J connectivity index is 1.62. The second-order valence-electron chi connectivity index (χ2n) is 5.74. The number of anilines is 1. The van der Waals surface area contributed by atoms with Gasteiger partial charge in [0.2, 0.25) is 5.91 Å². The third-order valence-electron chi connectivity index (χ3n) is 4.42. The zero-order valence-corrected chi connectivity index (χ0v) is 12.7. The Morgan fingerprint density at radius 3 is 3.05 bits per heavy atom. The van der Waals surface area contributed by atoms with E-state index in [-0.39, 0.29) is 11.8 Å². The summed E-state index contributed by atoms with van der Waals surface area (Å²) in [5.74, 6) is 1.32. The van der Waals surface area contributed by atoms with E-state index in [2.05, 4.69) is 16.2 Å². The van der Waals surface area contributed by atoms with Crippen LogP contribution >= 0.6 is 11.6 Å². The van der Waals surface area contributed by atoms with Crippen molar-refractivity contribution in [2.75, 3.05) is 19.0 Å². The van der Waals surface area contributed by atoms with Gasteiger partial charge in [-0.05, 0) is 43.4 Å². The number of ether oxygens (including phenoxy) is 1. The Morgan fingerprint density at radius 2 is 2.29 bits per heavy atom. The van der Waals surface area contributed by atoms with Crippen molar-refractivity contribution in [2.45, 2.75) is 25.3 Å². The monoisotopic (exact) mass is 309 g/mol. The van der Waals surface area contributed by atoms with Gasteiger partial charge in [-0.2, -0.15) is 0 Å². The van der Waals surface area contributed by atoms with Gasteiger partial charge in [-0.15, -0.1) is 0 Å². The summed E-state index contributed by atoms with van der Waals surface area (Å²) in [6.45, 7) is 0.947. The van der Waals surface area contributed by atoms with E-state index < -0.39 is 0 Å². The lowest BCUT2D eigenvalue weighted by atomic mass is 9.78. The van der Waals surface area contributed by atoms with E-state index in [1.807, 2.05) is 6.07 Å². The number of nitrogens with one attached hydrogen (secondary N) is 3. The van der Waals surface area contributed by atoms with Crippen LogP contribution in [0, 0.1) is 11.8 Å². The summed E-state index contributed by atoms with van der Waals surface area (Å²) in [7, 11) is 1.57. The van der Waals surface area contributed by atoms with Crippen molar-refractivity contribution in [3.05, 3.63) is 23.2 Å². The maximum absolute atomic E-state index is 12.4. The Kier molecular flexibility index (Phi) is 4.33. The van der Waals surface area contributed by atoms with Crippen LogP contribution in [0.3, 0.4) is 0 Å². The third kappa shape index (κ3) is 3.15. The van der Waals surface area contributed by atoms with Crippen LogP contribution in [0.25, 0.3) is 0 Å². The lowest BCUT2D eigenvalue weighted by Gasteiger charge is -2.29. The SMILES string of the molecule is COc1ccc(NC(=O)C2CCC3NNCC3C2)cc1Cl. The Morgan fingerprint density at radius 1 is 1.43 bits per heavy atom. The fraction of sp³-hybridized carbons (Fsp3) is 0.533. The molecule has 3 N–H and O–H groups in total. The van der Waals surface area contributed by atoms with E-state index >= 15 is 0 Å². The Bertz CT molecular complexity index is 538. The van der Waals surface area contributed by atoms with E-state index in [0.717, 1.165) is 31.5 Å². The Hall–Kier alpha value is -1.30. The summed E-state index contributed by atoms with van der Waals surface area (Å²) >= 11 is 6.08. The molecule has 0 spiro atoms. The lowest BCUT2D eigenvalue weighted by molar-refractivity contribution is -0.121. The van der Waals surface area contributed by atoms with Gasteiger partial charge >= 0.3 is 0 Å². The molecule has 1 heterocycles. The van der Waals surface area contributed by atoms with Crippen LogP contribution in [0.2, 0.25) is 5.02 Å². The van der Waals surface area contributed by atoms with Gasteiger partial charge < -0.3 is 10.1 Å². The Labute approximate surface area is 129 Å². The van der Waals surface area contributed by atoms with Crippen LogP contribution in [0.4, 0.5) is 5.69 Å². The maximum Gasteiger partial charge on any atom is 0.227 e. The minimum Gasteiger partial charge on any atom is -0.495 e. The highest BCUT2D eigenvalue weighted by Gasteiger charge is 2.36. The van der Waals surface area contributed by atoms with Crippen LogP contribution in [0.5, 0.6) is 5.75 Å². The molecule has 1 saturated heterocycles.